The Labute approximate surface area is 107 Å². The average Bonchev–Trinajstić information content (AvgIpc) is 3.13. The quantitative estimate of drug-likeness (QED) is 0.792. The molecule has 0 spiro atoms. The Balaban J connectivity index is 2.03. The fourth-order valence-corrected chi connectivity index (χ4v) is 3.50. The molecular weight excluding hydrogens is 208 g/mol. The number of nitrogens with one attached hydrogen (secondary N) is 1. The van der Waals surface area contributed by atoms with E-state index in [9.17, 15) is 0 Å². The third-order valence-corrected chi connectivity index (χ3v) is 4.93. The third-order valence-electron chi connectivity index (χ3n) is 4.93. The first-order valence-electron chi connectivity index (χ1n) is 7.59. The van der Waals surface area contributed by atoms with Crippen molar-refractivity contribution in [2.24, 2.45) is 5.92 Å². The van der Waals surface area contributed by atoms with E-state index in [0.29, 0.717) is 5.54 Å². The second-order valence-corrected chi connectivity index (χ2v) is 6.54. The summed E-state index contributed by atoms with van der Waals surface area (Å²) in [5, 5.41) is 3.74. The first kappa shape index (κ1) is 13.4. The molecule has 0 radical (unpaired) electrons. The van der Waals surface area contributed by atoms with Gasteiger partial charge in [-0.15, -0.1) is 0 Å². The third kappa shape index (κ3) is 2.85. The molecule has 17 heavy (non-hydrogen) atoms. The molecular formula is C15H30N2. The minimum atomic E-state index is 0.425. The minimum absolute atomic E-state index is 0.425. The van der Waals surface area contributed by atoms with Crippen molar-refractivity contribution in [2.45, 2.75) is 77.4 Å². The molecule has 2 unspecified atom stereocenters. The van der Waals surface area contributed by atoms with E-state index in [1.807, 2.05) is 0 Å². The van der Waals surface area contributed by atoms with Crippen molar-refractivity contribution in [1.29, 1.82) is 0 Å². The molecule has 2 nitrogen and oxygen atoms in total. The molecule has 0 aromatic rings. The smallest absolute Gasteiger partial charge is 0.0224 e. The van der Waals surface area contributed by atoms with Crippen molar-refractivity contribution in [3.05, 3.63) is 0 Å². The fraction of sp³-hybridized carbons (Fsp3) is 1.00. The first-order chi connectivity index (χ1) is 8.09. The van der Waals surface area contributed by atoms with Crippen molar-refractivity contribution in [1.82, 2.24) is 10.2 Å². The topological polar surface area (TPSA) is 15.3 Å². The Bertz CT molecular complexity index is 245. The van der Waals surface area contributed by atoms with Crippen LogP contribution in [0.15, 0.2) is 0 Å². The van der Waals surface area contributed by atoms with Gasteiger partial charge in [0.25, 0.3) is 0 Å². The second kappa shape index (κ2) is 5.27. The van der Waals surface area contributed by atoms with Crippen LogP contribution in [0.4, 0.5) is 0 Å². The molecule has 100 valence electrons. The summed E-state index contributed by atoms with van der Waals surface area (Å²) in [6, 6.07) is 1.47. The lowest BCUT2D eigenvalue weighted by molar-refractivity contribution is 0.0138. The summed E-state index contributed by atoms with van der Waals surface area (Å²) >= 11 is 0. The normalized spacial score (nSPS) is 31.8. The SMILES string of the molecule is CCCC1CN(C(C)(C)C2CC2)C(CC)CN1. The molecule has 1 N–H and O–H groups in total. The highest BCUT2D eigenvalue weighted by molar-refractivity contribution is 5.01. The van der Waals surface area contributed by atoms with E-state index in [-0.39, 0.29) is 0 Å². The average molecular weight is 238 g/mol. The Morgan fingerprint density at radius 1 is 1.24 bits per heavy atom. The fourth-order valence-electron chi connectivity index (χ4n) is 3.50. The molecule has 2 fully saturated rings. The van der Waals surface area contributed by atoms with E-state index < -0.39 is 0 Å². The number of nitrogens with zero attached hydrogens (tertiary/aromatic N) is 1. The van der Waals surface area contributed by atoms with E-state index >= 15 is 0 Å². The maximum Gasteiger partial charge on any atom is 0.0224 e. The molecule has 1 aliphatic heterocycles. The van der Waals surface area contributed by atoms with Crippen LogP contribution in [-0.4, -0.2) is 35.6 Å². The summed E-state index contributed by atoms with van der Waals surface area (Å²) in [5.74, 6) is 0.955. The summed E-state index contributed by atoms with van der Waals surface area (Å²) in [4.78, 5) is 2.82. The molecule has 1 saturated carbocycles. The first-order valence-corrected chi connectivity index (χ1v) is 7.59. The molecule has 0 amide bonds. The van der Waals surface area contributed by atoms with Crippen LogP contribution in [-0.2, 0) is 0 Å². The van der Waals surface area contributed by atoms with Crippen LogP contribution in [0.5, 0.6) is 0 Å². The number of piperazine rings is 1. The molecule has 1 aliphatic carbocycles. The van der Waals surface area contributed by atoms with Crippen LogP contribution in [0.3, 0.4) is 0 Å². The molecule has 2 atom stereocenters. The molecule has 2 aliphatic rings. The standard InChI is InChI=1S/C15H30N2/c1-5-7-13-11-17(14(6-2)10-16-13)15(3,4)12-8-9-12/h12-14,16H,5-11H2,1-4H3. The van der Waals surface area contributed by atoms with Crippen molar-refractivity contribution in [3.8, 4) is 0 Å². The van der Waals surface area contributed by atoms with Gasteiger partial charge in [-0.2, -0.15) is 0 Å². The molecule has 0 aromatic carbocycles. The lowest BCUT2D eigenvalue weighted by Crippen LogP contribution is -2.63. The maximum absolute atomic E-state index is 3.74. The Kier molecular flexibility index (Phi) is 4.14. The van der Waals surface area contributed by atoms with Gasteiger partial charge in [0.05, 0.1) is 0 Å². The molecule has 1 saturated heterocycles. The summed E-state index contributed by atoms with van der Waals surface area (Å²) in [5.41, 5.74) is 0.425. The van der Waals surface area contributed by atoms with Gasteiger partial charge in [0.1, 0.15) is 0 Å². The van der Waals surface area contributed by atoms with E-state index in [1.165, 1.54) is 45.2 Å². The maximum atomic E-state index is 3.74. The molecule has 2 heteroatoms. The van der Waals surface area contributed by atoms with Crippen LogP contribution in [0.2, 0.25) is 0 Å². The largest absolute Gasteiger partial charge is 0.311 e. The van der Waals surface area contributed by atoms with Crippen LogP contribution in [0.25, 0.3) is 0 Å². The highest BCUT2D eigenvalue weighted by Gasteiger charge is 2.45. The number of hydrogen-bond acceptors (Lipinski definition) is 2. The van der Waals surface area contributed by atoms with E-state index in [0.717, 1.165) is 18.0 Å². The van der Waals surface area contributed by atoms with Crippen molar-refractivity contribution >= 4 is 0 Å². The molecule has 2 rings (SSSR count). The predicted octanol–water partition coefficient (Wildman–Crippen LogP) is 3.03. The van der Waals surface area contributed by atoms with Gasteiger partial charge in [-0.25, -0.2) is 0 Å². The van der Waals surface area contributed by atoms with Crippen molar-refractivity contribution in [2.75, 3.05) is 13.1 Å². The lowest BCUT2D eigenvalue weighted by Gasteiger charge is -2.49. The van der Waals surface area contributed by atoms with Gasteiger partial charge in [0.2, 0.25) is 0 Å². The van der Waals surface area contributed by atoms with Crippen molar-refractivity contribution < 1.29 is 0 Å². The second-order valence-electron chi connectivity index (χ2n) is 6.54. The molecule has 0 aromatic heterocycles. The van der Waals surface area contributed by atoms with Gasteiger partial charge < -0.3 is 5.32 Å². The van der Waals surface area contributed by atoms with Crippen LogP contribution >= 0.6 is 0 Å². The van der Waals surface area contributed by atoms with E-state index in [4.69, 9.17) is 0 Å². The summed E-state index contributed by atoms with van der Waals surface area (Å²) < 4.78 is 0. The summed E-state index contributed by atoms with van der Waals surface area (Å²) in [6.45, 7) is 12.0. The van der Waals surface area contributed by atoms with Crippen LogP contribution in [0.1, 0.15) is 59.8 Å². The number of hydrogen-bond donors (Lipinski definition) is 1. The van der Waals surface area contributed by atoms with Gasteiger partial charge in [0.15, 0.2) is 0 Å². The van der Waals surface area contributed by atoms with Crippen LogP contribution in [0, 0.1) is 5.92 Å². The Hall–Kier alpha value is -0.0800. The van der Waals surface area contributed by atoms with Crippen molar-refractivity contribution in [3.63, 3.8) is 0 Å². The summed E-state index contributed by atoms with van der Waals surface area (Å²) in [6.07, 6.45) is 6.81. The van der Waals surface area contributed by atoms with Crippen LogP contribution < -0.4 is 5.32 Å². The van der Waals surface area contributed by atoms with Gasteiger partial charge in [-0.1, -0.05) is 20.3 Å². The highest BCUT2D eigenvalue weighted by atomic mass is 15.3. The van der Waals surface area contributed by atoms with Gasteiger partial charge in [0, 0.05) is 30.7 Å². The highest BCUT2D eigenvalue weighted by Crippen LogP contribution is 2.44. The predicted molar refractivity (Wildman–Crippen MR) is 74.3 cm³/mol. The zero-order valence-electron chi connectivity index (χ0n) is 12.1. The minimum Gasteiger partial charge on any atom is -0.311 e. The monoisotopic (exact) mass is 238 g/mol. The zero-order valence-corrected chi connectivity index (χ0v) is 12.1. The molecule has 1 heterocycles. The Morgan fingerprint density at radius 2 is 1.94 bits per heavy atom. The molecule has 0 bridgehead atoms. The van der Waals surface area contributed by atoms with E-state index in [1.54, 1.807) is 0 Å². The van der Waals surface area contributed by atoms with Gasteiger partial charge in [-0.3, -0.25) is 4.90 Å². The van der Waals surface area contributed by atoms with Gasteiger partial charge in [-0.05, 0) is 45.4 Å². The van der Waals surface area contributed by atoms with E-state index in [2.05, 4.69) is 37.9 Å². The Morgan fingerprint density at radius 3 is 2.47 bits per heavy atom. The van der Waals surface area contributed by atoms with Gasteiger partial charge >= 0.3 is 0 Å². The summed E-state index contributed by atoms with van der Waals surface area (Å²) in [7, 11) is 0. The lowest BCUT2D eigenvalue weighted by atomic mass is 9.90. The zero-order chi connectivity index (χ0) is 12.5. The number of rotatable bonds is 5.